The molecule has 0 fully saturated rings. The molecule has 2 heterocycles. The van der Waals surface area contributed by atoms with E-state index in [9.17, 15) is 4.79 Å². The van der Waals surface area contributed by atoms with E-state index in [2.05, 4.69) is 20.3 Å². The molecule has 132 valence electrons. The van der Waals surface area contributed by atoms with E-state index in [0.29, 0.717) is 16.9 Å². The second kappa shape index (κ2) is 8.10. The highest BCUT2D eigenvalue weighted by Crippen LogP contribution is 2.29. The van der Waals surface area contributed by atoms with Crippen molar-refractivity contribution in [1.29, 1.82) is 0 Å². The average molecular weight is 399 g/mol. The SMILES string of the molecule is CCOc1ccc2sc(NC(=O)c3csc(N=C(N)N)n3)nc2c1.Cl. The van der Waals surface area contributed by atoms with Crippen LogP contribution in [0.25, 0.3) is 10.2 Å². The Morgan fingerprint density at radius 1 is 1.36 bits per heavy atom. The zero-order chi connectivity index (χ0) is 17.1. The lowest BCUT2D eigenvalue weighted by Crippen LogP contribution is -2.21. The van der Waals surface area contributed by atoms with Gasteiger partial charge in [-0.2, -0.15) is 4.99 Å². The molecule has 0 aliphatic rings. The van der Waals surface area contributed by atoms with Crippen molar-refractivity contribution in [3.05, 3.63) is 29.3 Å². The number of carbonyl (C=O) groups excluding carboxylic acids is 1. The molecule has 3 aromatic rings. The van der Waals surface area contributed by atoms with E-state index in [1.807, 2.05) is 25.1 Å². The normalized spacial score (nSPS) is 10.1. The number of aromatic nitrogens is 2. The minimum absolute atomic E-state index is 0. The van der Waals surface area contributed by atoms with Gasteiger partial charge in [0.1, 0.15) is 11.4 Å². The van der Waals surface area contributed by atoms with Crippen LogP contribution in [0.15, 0.2) is 28.6 Å². The van der Waals surface area contributed by atoms with Crippen molar-refractivity contribution in [2.45, 2.75) is 6.92 Å². The van der Waals surface area contributed by atoms with E-state index in [1.54, 1.807) is 5.38 Å². The first-order valence-electron chi connectivity index (χ1n) is 6.95. The maximum absolute atomic E-state index is 12.2. The average Bonchev–Trinajstić information content (AvgIpc) is 3.12. The van der Waals surface area contributed by atoms with Gasteiger partial charge in [-0.3, -0.25) is 10.1 Å². The molecule has 11 heteroatoms. The van der Waals surface area contributed by atoms with Gasteiger partial charge in [-0.1, -0.05) is 11.3 Å². The highest BCUT2D eigenvalue weighted by Gasteiger charge is 2.14. The molecule has 3 rings (SSSR count). The third-order valence-electron chi connectivity index (χ3n) is 2.84. The molecule has 0 atom stereocenters. The van der Waals surface area contributed by atoms with E-state index in [0.717, 1.165) is 16.0 Å². The van der Waals surface area contributed by atoms with Crippen molar-refractivity contribution in [1.82, 2.24) is 9.97 Å². The number of thiazole rings is 2. The summed E-state index contributed by atoms with van der Waals surface area (Å²) < 4.78 is 6.40. The number of rotatable bonds is 5. The van der Waals surface area contributed by atoms with Gasteiger partial charge in [-0.05, 0) is 19.1 Å². The Labute approximate surface area is 157 Å². The number of carbonyl (C=O) groups is 1. The number of nitrogens with two attached hydrogens (primary N) is 2. The van der Waals surface area contributed by atoms with Gasteiger partial charge in [0.05, 0.1) is 16.8 Å². The van der Waals surface area contributed by atoms with E-state index in [4.69, 9.17) is 16.2 Å². The summed E-state index contributed by atoms with van der Waals surface area (Å²) >= 11 is 2.55. The molecule has 0 bridgehead atoms. The maximum Gasteiger partial charge on any atom is 0.276 e. The Kier molecular flexibility index (Phi) is 6.12. The van der Waals surface area contributed by atoms with Crippen LogP contribution in [0.1, 0.15) is 17.4 Å². The molecule has 5 N–H and O–H groups in total. The molecule has 25 heavy (non-hydrogen) atoms. The van der Waals surface area contributed by atoms with Gasteiger partial charge in [0.25, 0.3) is 5.91 Å². The first-order valence-corrected chi connectivity index (χ1v) is 8.64. The summed E-state index contributed by atoms with van der Waals surface area (Å²) in [4.78, 5) is 24.5. The van der Waals surface area contributed by atoms with E-state index in [1.165, 1.54) is 22.7 Å². The number of hydrogen-bond donors (Lipinski definition) is 3. The molecule has 0 spiro atoms. The lowest BCUT2D eigenvalue weighted by molar-refractivity contribution is 0.102. The Bertz CT molecular complexity index is 919. The smallest absolute Gasteiger partial charge is 0.276 e. The molecule has 0 radical (unpaired) electrons. The lowest BCUT2D eigenvalue weighted by atomic mass is 10.3. The number of ether oxygens (including phenoxy) is 1. The fraction of sp³-hybridized carbons (Fsp3) is 0.143. The van der Waals surface area contributed by atoms with Crippen LogP contribution in [0.5, 0.6) is 5.75 Å². The van der Waals surface area contributed by atoms with Crippen LogP contribution in [0.4, 0.5) is 10.3 Å². The number of anilines is 1. The van der Waals surface area contributed by atoms with Gasteiger partial charge in [0.2, 0.25) is 5.13 Å². The predicted molar refractivity (Wildman–Crippen MR) is 104 cm³/mol. The number of fused-ring (bicyclic) bond motifs is 1. The van der Waals surface area contributed by atoms with Gasteiger partial charge in [-0.25, -0.2) is 9.97 Å². The number of guanidine groups is 1. The largest absolute Gasteiger partial charge is 0.494 e. The van der Waals surface area contributed by atoms with Crippen LogP contribution in [0, 0.1) is 0 Å². The fourth-order valence-electron chi connectivity index (χ4n) is 1.91. The van der Waals surface area contributed by atoms with Crippen LogP contribution in [-0.4, -0.2) is 28.4 Å². The Morgan fingerprint density at radius 2 is 2.16 bits per heavy atom. The number of benzene rings is 1. The van der Waals surface area contributed by atoms with Gasteiger partial charge in [0, 0.05) is 11.4 Å². The summed E-state index contributed by atoms with van der Waals surface area (Å²) in [5.41, 5.74) is 11.6. The molecule has 0 unspecified atom stereocenters. The number of nitrogens with one attached hydrogen (secondary N) is 1. The van der Waals surface area contributed by atoms with Crippen LogP contribution >= 0.6 is 35.1 Å². The zero-order valence-corrected chi connectivity index (χ0v) is 15.5. The molecule has 1 aromatic carbocycles. The number of amides is 1. The lowest BCUT2D eigenvalue weighted by Gasteiger charge is -2.00. The molecular weight excluding hydrogens is 384 g/mol. The van der Waals surface area contributed by atoms with Crippen LogP contribution < -0.4 is 21.5 Å². The standard InChI is InChI=1S/C14H14N6O2S2.ClH/c1-2-22-7-3-4-10-8(5-7)17-14(24-10)19-11(21)9-6-23-13(18-9)20-12(15)16;/h3-6H,2H2,1H3,(H,17,19,21)(H4,15,16,18,20);1H. The van der Waals surface area contributed by atoms with Crippen LogP contribution in [-0.2, 0) is 0 Å². The minimum Gasteiger partial charge on any atom is -0.494 e. The summed E-state index contributed by atoms with van der Waals surface area (Å²) in [5.74, 6) is 0.273. The van der Waals surface area contributed by atoms with Crippen LogP contribution in [0.2, 0.25) is 0 Å². The topological polar surface area (TPSA) is 129 Å². The summed E-state index contributed by atoms with van der Waals surface area (Å²) in [6, 6.07) is 5.62. The van der Waals surface area contributed by atoms with Crippen molar-refractivity contribution in [3.8, 4) is 5.75 Å². The Balaban J connectivity index is 0.00000225. The van der Waals surface area contributed by atoms with E-state index in [-0.39, 0.29) is 30.0 Å². The molecule has 2 aromatic heterocycles. The second-order valence-electron chi connectivity index (χ2n) is 4.59. The van der Waals surface area contributed by atoms with Crippen LogP contribution in [0.3, 0.4) is 0 Å². The molecule has 0 aliphatic heterocycles. The van der Waals surface area contributed by atoms with Crippen molar-refractivity contribution in [2.75, 3.05) is 11.9 Å². The van der Waals surface area contributed by atoms with Gasteiger partial charge < -0.3 is 16.2 Å². The third-order valence-corrected chi connectivity index (χ3v) is 4.53. The van der Waals surface area contributed by atoms with Crippen molar-refractivity contribution < 1.29 is 9.53 Å². The van der Waals surface area contributed by atoms with Crippen molar-refractivity contribution >= 4 is 67.4 Å². The Hall–Kier alpha value is -2.43. The highest BCUT2D eigenvalue weighted by molar-refractivity contribution is 7.22. The number of hydrogen-bond acceptors (Lipinski definition) is 7. The third kappa shape index (κ3) is 4.56. The fourth-order valence-corrected chi connectivity index (χ4v) is 3.44. The minimum atomic E-state index is -0.368. The molecule has 1 amide bonds. The summed E-state index contributed by atoms with van der Waals surface area (Å²) in [6.45, 7) is 2.50. The quantitative estimate of drug-likeness (QED) is 0.447. The first-order chi connectivity index (χ1) is 11.5. The molecule has 0 saturated carbocycles. The molecule has 0 aliphatic carbocycles. The Morgan fingerprint density at radius 3 is 2.88 bits per heavy atom. The van der Waals surface area contributed by atoms with E-state index < -0.39 is 0 Å². The van der Waals surface area contributed by atoms with Crippen molar-refractivity contribution in [2.24, 2.45) is 16.5 Å². The first kappa shape index (κ1) is 18.9. The number of halogens is 1. The second-order valence-corrected chi connectivity index (χ2v) is 6.45. The monoisotopic (exact) mass is 398 g/mol. The van der Waals surface area contributed by atoms with E-state index >= 15 is 0 Å². The predicted octanol–water partition coefficient (Wildman–Crippen LogP) is 2.73. The highest BCUT2D eigenvalue weighted by atomic mass is 35.5. The molecule has 0 saturated heterocycles. The summed E-state index contributed by atoms with van der Waals surface area (Å²) in [7, 11) is 0. The molecule has 8 nitrogen and oxygen atoms in total. The maximum atomic E-state index is 12.2. The number of aliphatic imine (C=N–C) groups is 1. The van der Waals surface area contributed by atoms with Gasteiger partial charge in [-0.15, -0.1) is 23.7 Å². The van der Waals surface area contributed by atoms with Gasteiger partial charge in [0.15, 0.2) is 11.1 Å². The summed E-state index contributed by atoms with van der Waals surface area (Å²) in [5, 5.41) is 5.12. The van der Waals surface area contributed by atoms with Gasteiger partial charge >= 0.3 is 0 Å². The zero-order valence-electron chi connectivity index (χ0n) is 13.1. The molecular formula is C14H15ClN6O2S2. The number of nitrogens with zero attached hydrogens (tertiary/aromatic N) is 3. The summed E-state index contributed by atoms with van der Waals surface area (Å²) in [6.07, 6.45) is 0. The van der Waals surface area contributed by atoms with Crippen molar-refractivity contribution in [3.63, 3.8) is 0 Å².